The van der Waals surface area contributed by atoms with Crippen LogP contribution in [0.2, 0.25) is 0 Å². The van der Waals surface area contributed by atoms with Crippen LogP contribution in [0.1, 0.15) is 18.4 Å². The first-order valence-corrected chi connectivity index (χ1v) is 8.27. The van der Waals surface area contributed by atoms with Crippen LogP contribution in [-0.4, -0.2) is 38.8 Å². The predicted molar refractivity (Wildman–Crippen MR) is 77.8 cm³/mol. The number of carbonyl (C=O) groups is 1. The molecule has 0 bridgehead atoms. The van der Waals surface area contributed by atoms with Gasteiger partial charge in [-0.3, -0.25) is 4.79 Å². The lowest BCUT2D eigenvalue weighted by atomic mass is 9.98. The van der Waals surface area contributed by atoms with Gasteiger partial charge in [0.2, 0.25) is 15.9 Å². The smallest absolute Gasteiger partial charge is 0.243 e. The number of hydrogen-bond donors (Lipinski definition) is 1. The molecule has 1 saturated heterocycles. The van der Waals surface area contributed by atoms with E-state index in [1.807, 2.05) is 0 Å². The van der Waals surface area contributed by atoms with Crippen LogP contribution in [0.25, 0.3) is 0 Å². The average molecular weight is 312 g/mol. The van der Waals surface area contributed by atoms with E-state index in [1.165, 1.54) is 11.4 Å². The van der Waals surface area contributed by atoms with Crippen LogP contribution >= 0.6 is 0 Å². The Morgan fingerprint density at radius 1 is 1.33 bits per heavy atom. The largest absolute Gasteiger partial charge is 0.380 e. The monoisotopic (exact) mass is 312 g/mol. The summed E-state index contributed by atoms with van der Waals surface area (Å²) in [6.45, 7) is 0.877. The molecule has 1 fully saturated rings. The Hall–Kier alpha value is -1.44. The molecule has 1 heterocycles. The first kappa shape index (κ1) is 15.9. The number of methoxy groups -OCH3 is 1. The lowest BCUT2D eigenvalue weighted by Gasteiger charge is -2.30. The second-order valence-corrected chi connectivity index (χ2v) is 7.03. The molecule has 1 aromatic carbocycles. The molecule has 116 valence electrons. The minimum atomic E-state index is -3.56. The first-order chi connectivity index (χ1) is 9.96. The highest BCUT2D eigenvalue weighted by molar-refractivity contribution is 7.89. The molecule has 2 rings (SSSR count). The number of nitrogens with two attached hydrogens (primary N) is 1. The van der Waals surface area contributed by atoms with Crippen molar-refractivity contribution in [3.63, 3.8) is 0 Å². The third kappa shape index (κ3) is 3.42. The van der Waals surface area contributed by atoms with Crippen LogP contribution in [-0.2, 0) is 26.2 Å². The highest BCUT2D eigenvalue weighted by Crippen LogP contribution is 2.26. The summed E-state index contributed by atoms with van der Waals surface area (Å²) in [5, 5.41) is 0. The van der Waals surface area contributed by atoms with E-state index >= 15 is 0 Å². The third-order valence-electron chi connectivity index (χ3n) is 3.75. The van der Waals surface area contributed by atoms with Gasteiger partial charge in [-0.1, -0.05) is 18.2 Å². The van der Waals surface area contributed by atoms with Crippen molar-refractivity contribution >= 4 is 15.9 Å². The molecule has 0 saturated carbocycles. The van der Waals surface area contributed by atoms with Gasteiger partial charge in [0, 0.05) is 26.1 Å². The van der Waals surface area contributed by atoms with Crippen molar-refractivity contribution in [3.05, 3.63) is 29.8 Å². The molecule has 6 nitrogen and oxygen atoms in total. The van der Waals surface area contributed by atoms with Crippen molar-refractivity contribution < 1.29 is 17.9 Å². The number of ether oxygens (including phenoxy) is 1. The van der Waals surface area contributed by atoms with E-state index in [0.717, 1.165) is 0 Å². The van der Waals surface area contributed by atoms with E-state index in [2.05, 4.69) is 0 Å². The summed E-state index contributed by atoms with van der Waals surface area (Å²) in [6.07, 6.45) is 0.946. The topological polar surface area (TPSA) is 89.7 Å². The number of benzene rings is 1. The number of rotatable bonds is 5. The molecule has 1 aromatic rings. The van der Waals surface area contributed by atoms with Gasteiger partial charge in [-0.25, -0.2) is 8.42 Å². The van der Waals surface area contributed by atoms with Crippen LogP contribution in [0.4, 0.5) is 0 Å². The van der Waals surface area contributed by atoms with E-state index in [0.29, 0.717) is 31.5 Å². The van der Waals surface area contributed by atoms with Crippen molar-refractivity contribution in [1.29, 1.82) is 0 Å². The van der Waals surface area contributed by atoms with Gasteiger partial charge in [-0.15, -0.1) is 0 Å². The Balaban J connectivity index is 2.22. The summed E-state index contributed by atoms with van der Waals surface area (Å²) in [6, 6.07) is 6.81. The zero-order chi connectivity index (χ0) is 15.5. The molecular formula is C14H20N2O4S. The lowest BCUT2D eigenvalue weighted by molar-refractivity contribution is -0.122. The Labute approximate surface area is 124 Å². The molecule has 0 atom stereocenters. The minimum absolute atomic E-state index is 0.231. The predicted octanol–water partition coefficient (Wildman–Crippen LogP) is 0.719. The number of primary amides is 1. The van der Waals surface area contributed by atoms with Crippen LogP contribution in [0.5, 0.6) is 0 Å². The van der Waals surface area contributed by atoms with Crippen molar-refractivity contribution in [1.82, 2.24) is 4.31 Å². The van der Waals surface area contributed by atoms with E-state index in [4.69, 9.17) is 10.5 Å². The molecular weight excluding hydrogens is 292 g/mol. The third-order valence-corrected chi connectivity index (χ3v) is 5.75. The maximum atomic E-state index is 12.7. The molecule has 0 radical (unpaired) electrons. The fourth-order valence-electron chi connectivity index (χ4n) is 2.55. The standard InChI is InChI=1S/C14H20N2O4S/c1-20-10-12-4-2-3-5-13(12)21(18,19)16-8-6-11(7-9-16)14(15)17/h2-5,11H,6-10H2,1H3,(H2,15,17). The second-order valence-electron chi connectivity index (χ2n) is 5.12. The van der Waals surface area contributed by atoms with Gasteiger partial charge >= 0.3 is 0 Å². The molecule has 1 amide bonds. The first-order valence-electron chi connectivity index (χ1n) is 6.83. The van der Waals surface area contributed by atoms with Gasteiger partial charge in [-0.2, -0.15) is 4.31 Å². The van der Waals surface area contributed by atoms with Crippen molar-refractivity contribution in [2.75, 3.05) is 20.2 Å². The summed E-state index contributed by atoms with van der Waals surface area (Å²) < 4.78 is 31.9. The minimum Gasteiger partial charge on any atom is -0.380 e. The summed E-state index contributed by atoms with van der Waals surface area (Å²) in [5.74, 6) is -0.586. The van der Waals surface area contributed by atoms with Gasteiger partial charge in [-0.05, 0) is 24.5 Å². The fraction of sp³-hybridized carbons (Fsp3) is 0.500. The summed E-state index contributed by atoms with van der Waals surface area (Å²) in [5.41, 5.74) is 5.91. The van der Waals surface area contributed by atoms with Gasteiger partial charge < -0.3 is 10.5 Å². The van der Waals surface area contributed by atoms with Crippen molar-refractivity contribution in [3.8, 4) is 0 Å². The van der Waals surface area contributed by atoms with Gasteiger partial charge in [0.05, 0.1) is 11.5 Å². The zero-order valence-corrected chi connectivity index (χ0v) is 12.8. The Morgan fingerprint density at radius 3 is 2.52 bits per heavy atom. The summed E-state index contributed by atoms with van der Waals surface area (Å²) in [7, 11) is -2.03. The molecule has 0 unspecified atom stereocenters. The van der Waals surface area contributed by atoms with Gasteiger partial charge in [0.25, 0.3) is 0 Å². The van der Waals surface area contributed by atoms with E-state index in [9.17, 15) is 13.2 Å². The molecule has 0 aromatic heterocycles. The average Bonchev–Trinajstić information content (AvgIpc) is 2.48. The molecule has 0 spiro atoms. The number of sulfonamides is 1. The van der Waals surface area contributed by atoms with E-state index in [1.54, 1.807) is 24.3 Å². The molecule has 0 aliphatic carbocycles. The lowest BCUT2D eigenvalue weighted by Crippen LogP contribution is -2.41. The Kier molecular flexibility index (Phi) is 4.97. The number of amides is 1. The number of piperidine rings is 1. The van der Waals surface area contributed by atoms with Crippen molar-refractivity contribution in [2.24, 2.45) is 11.7 Å². The van der Waals surface area contributed by atoms with E-state index in [-0.39, 0.29) is 23.3 Å². The highest BCUT2D eigenvalue weighted by atomic mass is 32.2. The summed E-state index contributed by atoms with van der Waals surface area (Å²) in [4.78, 5) is 11.4. The highest BCUT2D eigenvalue weighted by Gasteiger charge is 2.32. The van der Waals surface area contributed by atoms with Crippen LogP contribution in [0.3, 0.4) is 0 Å². The molecule has 2 N–H and O–H groups in total. The number of hydrogen-bond acceptors (Lipinski definition) is 4. The Morgan fingerprint density at radius 2 is 1.95 bits per heavy atom. The normalized spacial score (nSPS) is 17.8. The molecule has 1 aliphatic heterocycles. The summed E-state index contributed by atoms with van der Waals surface area (Å²) >= 11 is 0. The molecule has 21 heavy (non-hydrogen) atoms. The number of nitrogens with zero attached hydrogens (tertiary/aromatic N) is 1. The van der Waals surface area contributed by atoms with E-state index < -0.39 is 10.0 Å². The van der Waals surface area contributed by atoms with Crippen LogP contribution < -0.4 is 5.73 Å². The molecule has 1 aliphatic rings. The zero-order valence-electron chi connectivity index (χ0n) is 12.0. The van der Waals surface area contributed by atoms with Crippen LogP contribution in [0.15, 0.2) is 29.2 Å². The maximum Gasteiger partial charge on any atom is 0.243 e. The second kappa shape index (κ2) is 6.55. The van der Waals surface area contributed by atoms with Gasteiger partial charge in [0.1, 0.15) is 0 Å². The maximum absolute atomic E-state index is 12.7. The van der Waals surface area contributed by atoms with Crippen LogP contribution in [0, 0.1) is 5.92 Å². The van der Waals surface area contributed by atoms with Crippen molar-refractivity contribution in [2.45, 2.75) is 24.3 Å². The quantitative estimate of drug-likeness (QED) is 0.867. The molecule has 7 heteroatoms. The fourth-order valence-corrected chi connectivity index (χ4v) is 4.23. The SMILES string of the molecule is COCc1ccccc1S(=O)(=O)N1CCC(C(N)=O)CC1. The Bertz CT molecular complexity index is 607. The van der Waals surface area contributed by atoms with Gasteiger partial charge in [0.15, 0.2) is 0 Å². The number of carbonyl (C=O) groups excluding carboxylic acids is 1.